The second kappa shape index (κ2) is 4.70. The van der Waals surface area contributed by atoms with Gasteiger partial charge in [0.1, 0.15) is 5.82 Å². The van der Waals surface area contributed by atoms with Gasteiger partial charge in [0.15, 0.2) is 0 Å². The molecule has 0 atom stereocenters. The van der Waals surface area contributed by atoms with Gasteiger partial charge in [-0.1, -0.05) is 28.1 Å². The molecule has 1 aromatic carbocycles. The second-order valence-corrected chi connectivity index (χ2v) is 4.89. The molecule has 0 bridgehead atoms. The van der Waals surface area contributed by atoms with Gasteiger partial charge in [-0.3, -0.25) is 5.10 Å². The van der Waals surface area contributed by atoms with E-state index in [0.29, 0.717) is 6.04 Å². The smallest absolute Gasteiger partial charge is 0.148 e. The third kappa shape index (κ3) is 2.64. The molecule has 0 aliphatic heterocycles. The minimum Gasteiger partial charge on any atom is -0.366 e. The van der Waals surface area contributed by atoms with Gasteiger partial charge in [-0.15, -0.1) is 0 Å². The van der Waals surface area contributed by atoms with E-state index in [9.17, 15) is 0 Å². The van der Waals surface area contributed by atoms with E-state index in [1.807, 2.05) is 18.2 Å². The highest BCUT2D eigenvalue weighted by atomic mass is 79.9. The Hall–Kier alpha value is -1.29. The van der Waals surface area contributed by atoms with Crippen LogP contribution in [-0.4, -0.2) is 16.2 Å². The molecule has 2 rings (SSSR count). The van der Waals surface area contributed by atoms with E-state index in [-0.39, 0.29) is 0 Å². The summed E-state index contributed by atoms with van der Waals surface area (Å²) in [6, 6.07) is 10.5. The molecule has 0 aliphatic rings. The van der Waals surface area contributed by atoms with Gasteiger partial charge in [0.2, 0.25) is 0 Å². The number of halogens is 1. The van der Waals surface area contributed by atoms with E-state index < -0.39 is 0 Å². The van der Waals surface area contributed by atoms with Crippen LogP contribution < -0.4 is 5.32 Å². The maximum Gasteiger partial charge on any atom is 0.148 e. The Morgan fingerprint density at radius 1 is 1.31 bits per heavy atom. The van der Waals surface area contributed by atoms with Crippen LogP contribution in [0.3, 0.4) is 0 Å². The molecule has 0 aliphatic carbocycles. The molecule has 16 heavy (non-hydrogen) atoms. The van der Waals surface area contributed by atoms with Crippen molar-refractivity contribution in [3.63, 3.8) is 0 Å². The molecule has 3 nitrogen and oxygen atoms in total. The first kappa shape index (κ1) is 11.2. The monoisotopic (exact) mass is 279 g/mol. The Labute approximate surface area is 103 Å². The number of anilines is 1. The minimum absolute atomic E-state index is 0.388. The minimum atomic E-state index is 0.388. The van der Waals surface area contributed by atoms with E-state index in [1.54, 1.807) is 0 Å². The van der Waals surface area contributed by atoms with Crippen LogP contribution in [0.25, 0.3) is 11.3 Å². The van der Waals surface area contributed by atoms with Gasteiger partial charge in [0, 0.05) is 22.1 Å². The number of hydrogen-bond acceptors (Lipinski definition) is 2. The molecule has 4 heteroatoms. The van der Waals surface area contributed by atoms with Crippen molar-refractivity contribution in [3.05, 3.63) is 34.8 Å². The van der Waals surface area contributed by atoms with Gasteiger partial charge in [0.25, 0.3) is 0 Å². The fourth-order valence-electron chi connectivity index (χ4n) is 1.50. The maximum atomic E-state index is 4.21. The average Bonchev–Trinajstić information content (AvgIpc) is 2.65. The normalized spacial score (nSPS) is 10.8. The Kier molecular flexibility index (Phi) is 3.29. The molecule has 2 aromatic rings. The molecule has 0 radical (unpaired) electrons. The Balaban J connectivity index is 2.24. The Morgan fingerprint density at radius 2 is 2.12 bits per heavy atom. The zero-order chi connectivity index (χ0) is 11.5. The van der Waals surface area contributed by atoms with Crippen molar-refractivity contribution in [2.45, 2.75) is 19.9 Å². The second-order valence-electron chi connectivity index (χ2n) is 3.98. The van der Waals surface area contributed by atoms with Crippen molar-refractivity contribution in [1.29, 1.82) is 0 Å². The van der Waals surface area contributed by atoms with Crippen LogP contribution in [0.4, 0.5) is 5.82 Å². The lowest BCUT2D eigenvalue weighted by Crippen LogP contribution is -2.09. The molecule has 0 amide bonds. The van der Waals surface area contributed by atoms with Gasteiger partial charge >= 0.3 is 0 Å². The lowest BCUT2D eigenvalue weighted by Gasteiger charge is -2.04. The quantitative estimate of drug-likeness (QED) is 0.900. The fraction of sp³-hybridized carbons (Fsp3) is 0.250. The van der Waals surface area contributed by atoms with Crippen LogP contribution >= 0.6 is 15.9 Å². The van der Waals surface area contributed by atoms with E-state index in [1.165, 1.54) is 0 Å². The van der Waals surface area contributed by atoms with Crippen molar-refractivity contribution >= 4 is 21.7 Å². The lowest BCUT2D eigenvalue weighted by molar-refractivity contribution is 0.884. The zero-order valence-electron chi connectivity index (χ0n) is 9.29. The summed E-state index contributed by atoms with van der Waals surface area (Å²) in [6.07, 6.45) is 0. The Morgan fingerprint density at radius 3 is 2.81 bits per heavy atom. The number of nitrogens with zero attached hydrogens (tertiary/aromatic N) is 1. The molecule has 84 valence electrons. The zero-order valence-corrected chi connectivity index (χ0v) is 10.9. The first-order valence-corrected chi connectivity index (χ1v) is 6.02. The summed E-state index contributed by atoms with van der Waals surface area (Å²) >= 11 is 3.46. The highest BCUT2D eigenvalue weighted by molar-refractivity contribution is 9.10. The molecule has 0 saturated heterocycles. The van der Waals surface area contributed by atoms with Gasteiger partial charge in [-0.05, 0) is 26.0 Å². The first-order chi connectivity index (χ1) is 7.65. The highest BCUT2D eigenvalue weighted by Crippen LogP contribution is 2.23. The van der Waals surface area contributed by atoms with Crippen LogP contribution in [0.5, 0.6) is 0 Å². The Bertz CT molecular complexity index is 477. The SMILES string of the molecule is CC(C)Nc1cc(-c2cccc(Br)c2)[nH]n1. The molecule has 0 fully saturated rings. The number of hydrogen-bond donors (Lipinski definition) is 2. The summed E-state index contributed by atoms with van der Waals surface area (Å²) in [4.78, 5) is 0. The van der Waals surface area contributed by atoms with E-state index >= 15 is 0 Å². The van der Waals surface area contributed by atoms with Crippen molar-refractivity contribution in [1.82, 2.24) is 10.2 Å². The van der Waals surface area contributed by atoms with Gasteiger partial charge < -0.3 is 5.32 Å². The van der Waals surface area contributed by atoms with Crippen LogP contribution in [0.1, 0.15) is 13.8 Å². The molecule has 1 aromatic heterocycles. The van der Waals surface area contributed by atoms with Crippen molar-refractivity contribution in [3.8, 4) is 11.3 Å². The number of benzene rings is 1. The number of H-pyrrole nitrogens is 1. The summed E-state index contributed by atoms with van der Waals surface area (Å²) in [5, 5.41) is 10.5. The van der Waals surface area contributed by atoms with Gasteiger partial charge in [-0.2, -0.15) is 5.10 Å². The van der Waals surface area contributed by atoms with Crippen molar-refractivity contribution in [2.24, 2.45) is 0 Å². The van der Waals surface area contributed by atoms with Crippen molar-refractivity contribution in [2.75, 3.05) is 5.32 Å². The van der Waals surface area contributed by atoms with E-state index in [0.717, 1.165) is 21.5 Å². The number of aromatic nitrogens is 2. The molecular weight excluding hydrogens is 266 g/mol. The molecule has 0 spiro atoms. The number of rotatable bonds is 3. The summed E-state index contributed by atoms with van der Waals surface area (Å²) in [5.74, 6) is 0.880. The van der Waals surface area contributed by atoms with Crippen LogP contribution in [0, 0.1) is 0 Å². The summed E-state index contributed by atoms with van der Waals surface area (Å²) in [6.45, 7) is 4.18. The average molecular weight is 280 g/mol. The van der Waals surface area contributed by atoms with E-state index in [2.05, 4.69) is 57.4 Å². The fourth-order valence-corrected chi connectivity index (χ4v) is 1.89. The van der Waals surface area contributed by atoms with Crippen molar-refractivity contribution < 1.29 is 0 Å². The third-order valence-corrected chi connectivity index (χ3v) is 2.64. The third-order valence-electron chi connectivity index (χ3n) is 2.15. The maximum absolute atomic E-state index is 4.21. The summed E-state index contributed by atoms with van der Waals surface area (Å²) in [7, 11) is 0. The number of nitrogens with one attached hydrogen (secondary N) is 2. The predicted octanol–water partition coefficient (Wildman–Crippen LogP) is 3.66. The van der Waals surface area contributed by atoms with Crippen LogP contribution in [0.2, 0.25) is 0 Å². The van der Waals surface area contributed by atoms with Gasteiger partial charge in [0.05, 0.1) is 5.69 Å². The van der Waals surface area contributed by atoms with Crippen LogP contribution in [-0.2, 0) is 0 Å². The lowest BCUT2D eigenvalue weighted by atomic mass is 10.1. The molecule has 2 N–H and O–H groups in total. The molecule has 1 heterocycles. The largest absolute Gasteiger partial charge is 0.366 e. The van der Waals surface area contributed by atoms with Gasteiger partial charge in [-0.25, -0.2) is 0 Å². The first-order valence-electron chi connectivity index (χ1n) is 5.23. The molecule has 0 saturated carbocycles. The predicted molar refractivity (Wildman–Crippen MR) is 70.5 cm³/mol. The molecule has 0 unspecified atom stereocenters. The summed E-state index contributed by atoms with van der Waals surface area (Å²) in [5.41, 5.74) is 2.14. The molecular formula is C12H14BrN3. The number of aromatic amines is 1. The highest BCUT2D eigenvalue weighted by Gasteiger charge is 2.04. The van der Waals surface area contributed by atoms with E-state index in [4.69, 9.17) is 0 Å². The summed E-state index contributed by atoms with van der Waals surface area (Å²) < 4.78 is 1.07. The van der Waals surface area contributed by atoms with Crippen LogP contribution in [0.15, 0.2) is 34.8 Å². The topological polar surface area (TPSA) is 40.7 Å². The standard InChI is InChI=1S/C12H14BrN3/c1-8(2)14-12-7-11(15-16-12)9-4-3-5-10(13)6-9/h3-8H,1-2H3,(H2,14,15,16).